The predicted molar refractivity (Wildman–Crippen MR) is 165 cm³/mol. The quantitative estimate of drug-likeness (QED) is 0.215. The second kappa shape index (κ2) is 12.1. The number of nitrogens with one attached hydrogen (secondary N) is 2. The number of rotatable bonds is 9. The summed E-state index contributed by atoms with van der Waals surface area (Å²) in [5, 5.41) is 3.39. The van der Waals surface area contributed by atoms with Crippen LogP contribution in [0.1, 0.15) is 27.0 Å². The Labute approximate surface area is 250 Å². The largest absolute Gasteiger partial charge is 0.322 e. The van der Waals surface area contributed by atoms with Crippen molar-refractivity contribution in [3.05, 3.63) is 117 Å². The molecule has 8 nitrogen and oxygen atoms in total. The van der Waals surface area contributed by atoms with Gasteiger partial charge in [-0.1, -0.05) is 47.5 Å². The third-order valence-corrected chi connectivity index (χ3v) is 9.54. The first-order chi connectivity index (χ1) is 19.3. The lowest BCUT2D eigenvalue weighted by molar-refractivity contribution is 0.102. The Morgan fingerprint density at radius 1 is 0.780 bits per heavy atom. The highest BCUT2D eigenvalue weighted by molar-refractivity contribution is 7.92. The molecule has 0 unspecified atom stereocenters. The van der Waals surface area contributed by atoms with Crippen molar-refractivity contribution in [1.82, 2.24) is 0 Å². The van der Waals surface area contributed by atoms with Crippen molar-refractivity contribution in [1.29, 1.82) is 0 Å². The van der Waals surface area contributed by atoms with Gasteiger partial charge in [0.05, 0.1) is 29.1 Å². The number of sulfonamides is 2. The van der Waals surface area contributed by atoms with Gasteiger partial charge in [0.2, 0.25) is 10.0 Å². The van der Waals surface area contributed by atoms with E-state index in [1.165, 1.54) is 48.5 Å². The zero-order valence-electron chi connectivity index (χ0n) is 22.4. The molecule has 0 aliphatic rings. The van der Waals surface area contributed by atoms with E-state index in [0.29, 0.717) is 32.7 Å². The summed E-state index contributed by atoms with van der Waals surface area (Å²) in [6.07, 6.45) is 1.07. The Morgan fingerprint density at radius 2 is 1.32 bits per heavy atom. The minimum atomic E-state index is -3.84. The molecule has 4 aromatic carbocycles. The average molecular weight is 633 g/mol. The normalized spacial score (nSPS) is 11.6. The molecule has 4 rings (SSSR count). The molecule has 4 aromatic rings. The Morgan fingerprint density at radius 3 is 1.85 bits per heavy atom. The second-order valence-corrected chi connectivity index (χ2v) is 13.8. The Bertz CT molecular complexity index is 1770. The van der Waals surface area contributed by atoms with E-state index in [-0.39, 0.29) is 17.0 Å². The lowest BCUT2D eigenvalue weighted by atomic mass is 10.1. The van der Waals surface area contributed by atoms with Crippen LogP contribution in [0.5, 0.6) is 0 Å². The topological polar surface area (TPSA) is 113 Å². The lowest BCUT2D eigenvalue weighted by Crippen LogP contribution is -2.29. The number of anilines is 3. The maximum atomic E-state index is 12.9. The molecule has 2 N–H and O–H groups in total. The fourth-order valence-corrected chi connectivity index (χ4v) is 6.68. The van der Waals surface area contributed by atoms with Crippen LogP contribution in [0.3, 0.4) is 0 Å². The zero-order chi connectivity index (χ0) is 29.9. The van der Waals surface area contributed by atoms with E-state index < -0.39 is 26.0 Å². The number of hydrogen-bond donors (Lipinski definition) is 2. The number of carbonyl (C=O) groups is 1. The SMILES string of the molecule is Cc1cccc(C)c1NS(=O)(=O)c1ccc(NC(=O)c2ccc(N(Cc3c(Cl)cccc3Cl)S(C)(=O)=O)cc2)cc1. The van der Waals surface area contributed by atoms with Crippen molar-refractivity contribution >= 4 is 66.2 Å². The van der Waals surface area contributed by atoms with Crippen molar-refractivity contribution in [2.45, 2.75) is 25.3 Å². The number of nitrogens with zero attached hydrogens (tertiary/aromatic N) is 1. The highest BCUT2D eigenvalue weighted by Gasteiger charge is 2.21. The first kappa shape index (κ1) is 30.4. The summed E-state index contributed by atoms with van der Waals surface area (Å²) in [6, 6.07) is 22.2. The number of hydrogen-bond acceptors (Lipinski definition) is 5. The minimum Gasteiger partial charge on any atom is -0.322 e. The highest BCUT2D eigenvalue weighted by atomic mass is 35.5. The van der Waals surface area contributed by atoms with E-state index in [9.17, 15) is 21.6 Å². The number of aryl methyl sites for hydroxylation is 2. The summed E-state index contributed by atoms with van der Waals surface area (Å²) in [7, 11) is -7.55. The van der Waals surface area contributed by atoms with Gasteiger partial charge in [-0.25, -0.2) is 16.8 Å². The van der Waals surface area contributed by atoms with E-state index in [1.54, 1.807) is 18.2 Å². The van der Waals surface area contributed by atoms with Crippen molar-refractivity contribution in [2.24, 2.45) is 0 Å². The van der Waals surface area contributed by atoms with Crippen molar-refractivity contribution in [2.75, 3.05) is 20.6 Å². The lowest BCUT2D eigenvalue weighted by Gasteiger charge is -2.23. The van der Waals surface area contributed by atoms with Crippen LogP contribution in [0.4, 0.5) is 17.1 Å². The summed E-state index contributed by atoms with van der Waals surface area (Å²) < 4.78 is 54.7. The van der Waals surface area contributed by atoms with Crippen molar-refractivity contribution in [3.63, 3.8) is 0 Å². The fourth-order valence-electron chi connectivity index (χ4n) is 4.10. The van der Waals surface area contributed by atoms with Gasteiger partial charge in [0.1, 0.15) is 0 Å². The van der Waals surface area contributed by atoms with Gasteiger partial charge in [-0.15, -0.1) is 0 Å². The average Bonchev–Trinajstić information content (AvgIpc) is 2.90. The molecule has 0 saturated heterocycles. The van der Waals surface area contributed by atoms with E-state index in [4.69, 9.17) is 23.2 Å². The molecule has 1 amide bonds. The summed E-state index contributed by atoms with van der Waals surface area (Å²) in [6.45, 7) is 3.56. The molecule has 0 saturated carbocycles. The van der Waals surface area contributed by atoms with Crippen molar-refractivity contribution < 1.29 is 21.6 Å². The first-order valence-electron chi connectivity index (χ1n) is 12.3. The monoisotopic (exact) mass is 631 g/mol. The van der Waals surface area contributed by atoms with E-state index >= 15 is 0 Å². The summed E-state index contributed by atoms with van der Waals surface area (Å²) in [4.78, 5) is 12.9. The Kier molecular flexibility index (Phi) is 8.98. The van der Waals surface area contributed by atoms with Gasteiger partial charge in [-0.05, 0) is 85.6 Å². The van der Waals surface area contributed by atoms with Crippen LogP contribution in [0.25, 0.3) is 0 Å². The highest BCUT2D eigenvalue weighted by Crippen LogP contribution is 2.30. The van der Waals surface area contributed by atoms with Gasteiger partial charge >= 0.3 is 0 Å². The van der Waals surface area contributed by atoms with Crippen LogP contribution >= 0.6 is 23.2 Å². The molecule has 0 fully saturated rings. The van der Waals surface area contributed by atoms with E-state index in [1.807, 2.05) is 32.0 Å². The molecule has 0 bridgehead atoms. The van der Waals surface area contributed by atoms with Gasteiger partial charge in [-0.3, -0.25) is 13.8 Å². The fraction of sp³-hybridized carbons (Fsp3) is 0.138. The maximum absolute atomic E-state index is 12.9. The molecule has 214 valence electrons. The zero-order valence-corrected chi connectivity index (χ0v) is 25.5. The van der Waals surface area contributed by atoms with Crippen molar-refractivity contribution in [3.8, 4) is 0 Å². The molecular weight excluding hydrogens is 605 g/mol. The predicted octanol–water partition coefficient (Wildman–Crippen LogP) is 6.63. The second-order valence-electron chi connectivity index (χ2n) is 9.37. The summed E-state index contributed by atoms with van der Waals surface area (Å²) in [5.41, 5.74) is 3.57. The maximum Gasteiger partial charge on any atom is 0.261 e. The Hall–Kier alpha value is -3.57. The first-order valence-corrected chi connectivity index (χ1v) is 16.4. The van der Waals surface area contributed by atoms with Gasteiger partial charge in [0.15, 0.2) is 0 Å². The third kappa shape index (κ3) is 7.20. The molecule has 0 aromatic heterocycles. The van der Waals surface area contributed by atoms with Crippen LogP contribution in [0, 0.1) is 13.8 Å². The standard InChI is InChI=1S/C29H27Cl2N3O5S2/c1-19-6-4-7-20(2)28(19)33-41(38,39)24-16-12-22(13-17-24)32-29(35)21-10-14-23(15-11-21)34(40(3,36)37)18-25-26(30)8-5-9-27(25)31/h4-17,33H,18H2,1-3H3,(H,32,35). The summed E-state index contributed by atoms with van der Waals surface area (Å²) in [5.74, 6) is -0.458. The molecule has 0 aliphatic heterocycles. The van der Waals surface area contributed by atoms with E-state index in [2.05, 4.69) is 10.0 Å². The number of amides is 1. The number of para-hydroxylation sites is 1. The Balaban J connectivity index is 1.48. The molecule has 41 heavy (non-hydrogen) atoms. The number of benzene rings is 4. The molecule has 0 heterocycles. The van der Waals surface area contributed by atoms with Crippen LogP contribution in [-0.4, -0.2) is 29.0 Å². The number of halogens is 2. The minimum absolute atomic E-state index is 0.0435. The number of carbonyl (C=O) groups excluding carboxylic acids is 1. The molecule has 0 radical (unpaired) electrons. The van der Waals surface area contributed by atoms with Gasteiger partial charge in [0.25, 0.3) is 15.9 Å². The molecule has 0 spiro atoms. The van der Waals surface area contributed by atoms with E-state index in [0.717, 1.165) is 21.7 Å². The summed E-state index contributed by atoms with van der Waals surface area (Å²) >= 11 is 12.5. The molecule has 0 aliphatic carbocycles. The smallest absolute Gasteiger partial charge is 0.261 e. The van der Waals surface area contributed by atoms with Crippen LogP contribution in [0.15, 0.2) is 89.8 Å². The van der Waals surface area contributed by atoms with Crippen LogP contribution in [-0.2, 0) is 26.6 Å². The third-order valence-electron chi connectivity index (χ3n) is 6.32. The van der Waals surface area contributed by atoms with Gasteiger partial charge < -0.3 is 5.32 Å². The molecule has 12 heteroatoms. The van der Waals surface area contributed by atoms with Crippen LogP contribution in [0.2, 0.25) is 10.0 Å². The molecule has 0 atom stereocenters. The van der Waals surface area contributed by atoms with Gasteiger partial charge in [-0.2, -0.15) is 0 Å². The van der Waals surface area contributed by atoms with Gasteiger partial charge in [0, 0.05) is 26.9 Å². The molecular formula is C29H27Cl2N3O5S2. The van der Waals surface area contributed by atoms with Crippen LogP contribution < -0.4 is 14.3 Å².